The number of nitrogens with zero attached hydrogens (tertiary/aromatic N) is 1. The molecule has 0 bridgehead atoms. The number of nitrogens with one attached hydrogen (secondary N) is 4. The molecule has 0 unspecified atom stereocenters. The second-order valence-corrected chi connectivity index (χ2v) is 19.8. The van der Waals surface area contributed by atoms with Crippen molar-refractivity contribution in [2.45, 2.75) is 200 Å². The summed E-state index contributed by atoms with van der Waals surface area (Å²) in [6.07, 6.45) is 2.01. The highest BCUT2D eigenvalue weighted by Crippen LogP contribution is 2.25. The number of hydrogen-bond acceptors (Lipinski definition) is 13. The Labute approximate surface area is 401 Å². The van der Waals surface area contributed by atoms with Crippen molar-refractivity contribution in [1.82, 2.24) is 26.2 Å². The van der Waals surface area contributed by atoms with Crippen LogP contribution < -0.4 is 27.0 Å². The van der Waals surface area contributed by atoms with Crippen molar-refractivity contribution < 1.29 is 63.0 Å². The first-order valence-corrected chi connectivity index (χ1v) is 24.7. The highest BCUT2D eigenvalue weighted by atomic mass is 16.4. The first-order valence-electron chi connectivity index (χ1n) is 24.7. The molecule has 0 aliphatic carbocycles. The number of aliphatic hydroxyl groups excluding tert-OH is 1. The minimum Gasteiger partial charge on any atom is -0.481 e. The predicted molar refractivity (Wildman–Crippen MR) is 251 cm³/mol. The third-order valence-electron chi connectivity index (χ3n) is 12.8. The maximum atomic E-state index is 13.7. The quantitative estimate of drug-likeness (QED) is 0.0457. The molecule has 19 heteroatoms. The average molecular weight is 961 g/mol. The number of aliphatic carboxylic acids is 1. The lowest BCUT2D eigenvalue weighted by Crippen LogP contribution is -2.47. The predicted octanol–water partition coefficient (Wildman–Crippen LogP) is 2.64. The van der Waals surface area contributed by atoms with Crippen LogP contribution in [0.15, 0.2) is 0 Å². The Balaban J connectivity index is 2.02. The van der Waals surface area contributed by atoms with Crippen LogP contribution in [-0.4, -0.2) is 129 Å². The zero-order valence-corrected chi connectivity index (χ0v) is 41.4. The van der Waals surface area contributed by atoms with Crippen LogP contribution in [0.3, 0.4) is 0 Å². The summed E-state index contributed by atoms with van der Waals surface area (Å²) >= 11 is 0. The topological polar surface area (TPSA) is 306 Å². The number of Topliss-reactive ketones (excluding diaryl/α,β-unsaturated/α-hetero) is 5. The van der Waals surface area contributed by atoms with Crippen LogP contribution in [0.4, 0.5) is 0 Å². The SMILES string of the molecule is CCCCC[C@H](CC(=O)[C@@H]1CCCN1C(=O)CCC(=O)[C@H](C)NC(=O)[C@@H](CC(=O)[C@H](C)NC(=O)[C@@H](CC(=O)[C@H](CCC(N)=O)NC(=O)CCC(=O)[C@@H]1C[C@@H](O)CN1)CC(C)C)CC(C)C)C(=O)O. The van der Waals surface area contributed by atoms with E-state index in [2.05, 4.69) is 21.3 Å². The molecule has 9 atom stereocenters. The van der Waals surface area contributed by atoms with Gasteiger partial charge >= 0.3 is 5.97 Å². The number of β-amino-alcohol motifs (C(OH)–C–C–N with tert-alkyl or cyclic N) is 1. The molecular weight excluding hydrogens is 881 g/mol. The minimum atomic E-state index is -1.18. The number of aliphatic hydroxyl groups is 1. The maximum absolute atomic E-state index is 13.7. The van der Waals surface area contributed by atoms with Gasteiger partial charge < -0.3 is 42.1 Å². The lowest BCUT2D eigenvalue weighted by molar-refractivity contribution is -0.145. The smallest absolute Gasteiger partial charge is 0.306 e. The van der Waals surface area contributed by atoms with Crippen LogP contribution >= 0.6 is 0 Å². The van der Waals surface area contributed by atoms with Gasteiger partial charge in [-0.2, -0.15) is 0 Å². The Morgan fingerprint density at radius 3 is 1.79 bits per heavy atom. The number of rotatable bonds is 34. The number of nitrogens with two attached hydrogens (primary N) is 1. The maximum Gasteiger partial charge on any atom is 0.306 e. The third-order valence-corrected chi connectivity index (χ3v) is 12.8. The molecule has 0 spiro atoms. The van der Waals surface area contributed by atoms with Crippen molar-refractivity contribution in [3.05, 3.63) is 0 Å². The Morgan fingerprint density at radius 2 is 1.26 bits per heavy atom. The van der Waals surface area contributed by atoms with E-state index >= 15 is 0 Å². The summed E-state index contributed by atoms with van der Waals surface area (Å²) in [5, 5.41) is 30.2. The largest absolute Gasteiger partial charge is 0.481 e. The van der Waals surface area contributed by atoms with Crippen molar-refractivity contribution in [3.8, 4) is 0 Å². The van der Waals surface area contributed by atoms with Crippen molar-refractivity contribution >= 4 is 64.4 Å². The van der Waals surface area contributed by atoms with Gasteiger partial charge in [0.25, 0.3) is 0 Å². The molecule has 0 aromatic rings. The first-order chi connectivity index (χ1) is 31.9. The molecule has 0 radical (unpaired) electrons. The standard InChI is InChI=1S/C49H80N6O13/c1-8-9-10-12-32(49(67)68)23-43(61)38-13-11-20-55(38)46(64)19-16-39(57)30(6)52-47(65)33(21-28(2)3)24-41(59)31(7)53-48(66)34(22-29(4)5)25-42(60)36(14-17-44(50)62)54-45(63)18-15-40(58)37-26-35(56)27-51-37/h28-38,51,56H,8-27H2,1-7H3,(H2,50,62)(H,52,65)(H,53,66)(H,54,63)(H,67,68)/t30-,31-,32+,33+,34+,35+,36-,37-,38-/m0/s1. The highest BCUT2D eigenvalue weighted by Gasteiger charge is 2.37. The van der Waals surface area contributed by atoms with Crippen molar-refractivity contribution in [2.24, 2.45) is 35.3 Å². The van der Waals surface area contributed by atoms with Gasteiger partial charge in [-0.3, -0.25) is 52.7 Å². The van der Waals surface area contributed by atoms with E-state index in [4.69, 9.17) is 5.73 Å². The summed E-state index contributed by atoms with van der Waals surface area (Å²) in [5.74, 6) is -8.62. The Kier molecular flexibility index (Phi) is 26.0. The lowest BCUT2D eigenvalue weighted by Gasteiger charge is -2.25. The second-order valence-electron chi connectivity index (χ2n) is 19.8. The number of primary amides is 1. The van der Waals surface area contributed by atoms with Gasteiger partial charge in [0, 0.05) is 76.3 Å². The number of hydrogen-bond donors (Lipinski definition) is 7. The van der Waals surface area contributed by atoms with E-state index in [1.54, 1.807) is 0 Å². The summed E-state index contributed by atoms with van der Waals surface area (Å²) in [5.41, 5.74) is 5.34. The van der Waals surface area contributed by atoms with Gasteiger partial charge in [-0.15, -0.1) is 0 Å². The molecule has 2 aliphatic rings. The Hall–Kier alpha value is -4.91. The van der Waals surface area contributed by atoms with Gasteiger partial charge in [-0.25, -0.2) is 0 Å². The first kappa shape index (κ1) is 59.2. The zero-order valence-electron chi connectivity index (χ0n) is 41.4. The number of likely N-dealkylation sites (tertiary alicyclic amines) is 1. The van der Waals surface area contributed by atoms with Crippen LogP contribution in [-0.2, 0) is 52.7 Å². The number of ketones is 5. The average Bonchev–Trinajstić information content (AvgIpc) is 3.94. The fourth-order valence-electron chi connectivity index (χ4n) is 8.90. The second kappa shape index (κ2) is 29.9. The monoisotopic (exact) mass is 961 g/mol. The molecule has 2 aliphatic heterocycles. The van der Waals surface area contributed by atoms with Crippen LogP contribution in [0.25, 0.3) is 0 Å². The molecule has 68 heavy (non-hydrogen) atoms. The molecule has 0 aromatic heterocycles. The van der Waals surface area contributed by atoms with Gasteiger partial charge in [0.05, 0.1) is 42.2 Å². The number of unbranched alkanes of at least 4 members (excludes halogenated alkanes) is 2. The molecule has 8 N–H and O–H groups in total. The molecule has 2 rings (SSSR count). The van der Waals surface area contributed by atoms with Crippen LogP contribution in [0.1, 0.15) is 164 Å². The number of amides is 5. The van der Waals surface area contributed by atoms with Crippen molar-refractivity contribution in [2.75, 3.05) is 13.1 Å². The number of carboxylic acids is 1. The van der Waals surface area contributed by atoms with E-state index in [9.17, 15) is 63.0 Å². The molecule has 0 aromatic carbocycles. The summed E-state index contributed by atoms with van der Waals surface area (Å²) in [4.78, 5) is 145. The lowest BCUT2D eigenvalue weighted by atomic mass is 9.87. The summed E-state index contributed by atoms with van der Waals surface area (Å²) in [7, 11) is 0. The molecule has 5 amide bonds. The van der Waals surface area contributed by atoms with E-state index in [-0.39, 0.29) is 107 Å². The number of carbonyl (C=O) groups is 11. The normalized spacial score (nSPS) is 19.6. The van der Waals surface area contributed by atoms with E-state index in [0.717, 1.165) is 12.8 Å². The van der Waals surface area contributed by atoms with Crippen molar-refractivity contribution in [1.29, 1.82) is 0 Å². The van der Waals surface area contributed by atoms with Gasteiger partial charge in [-0.1, -0.05) is 53.9 Å². The summed E-state index contributed by atoms with van der Waals surface area (Å²) in [6, 6.07) is -4.58. The van der Waals surface area contributed by atoms with Gasteiger partial charge in [0.2, 0.25) is 29.5 Å². The molecule has 384 valence electrons. The molecule has 19 nitrogen and oxygen atoms in total. The van der Waals surface area contributed by atoms with Crippen LogP contribution in [0.2, 0.25) is 0 Å². The Bertz CT molecular complexity index is 1790. The molecule has 0 saturated carbocycles. The van der Waals surface area contributed by atoms with E-state index in [0.29, 0.717) is 32.2 Å². The molecular formula is C49H80N6O13. The van der Waals surface area contributed by atoms with Gasteiger partial charge in [0.15, 0.2) is 23.1 Å². The third kappa shape index (κ3) is 21.2. The van der Waals surface area contributed by atoms with Gasteiger partial charge in [0.1, 0.15) is 5.78 Å². The van der Waals surface area contributed by atoms with E-state index in [1.807, 2.05) is 34.6 Å². The highest BCUT2D eigenvalue weighted by molar-refractivity contribution is 5.98. The number of carbonyl (C=O) groups excluding carboxylic acids is 10. The summed E-state index contributed by atoms with van der Waals surface area (Å²) in [6.45, 7) is 13.0. The molecule has 2 saturated heterocycles. The Morgan fingerprint density at radius 1 is 0.676 bits per heavy atom. The van der Waals surface area contributed by atoms with Crippen LogP contribution in [0, 0.1) is 29.6 Å². The van der Waals surface area contributed by atoms with E-state index in [1.165, 1.54) is 18.7 Å². The fraction of sp³-hybridized carbons (Fsp3) is 0.776. The van der Waals surface area contributed by atoms with Crippen molar-refractivity contribution in [3.63, 3.8) is 0 Å². The number of carboxylic acid groups (broad SMARTS) is 1. The van der Waals surface area contributed by atoms with Gasteiger partial charge in [-0.05, 0) is 70.6 Å². The molecule has 2 fully saturated rings. The summed E-state index contributed by atoms with van der Waals surface area (Å²) < 4.78 is 0. The van der Waals surface area contributed by atoms with Crippen LogP contribution in [0.5, 0.6) is 0 Å². The fourth-order valence-corrected chi connectivity index (χ4v) is 8.90. The zero-order chi connectivity index (χ0) is 51.2. The molecule has 2 heterocycles. The van der Waals surface area contributed by atoms with E-state index < -0.39 is 107 Å². The minimum absolute atomic E-state index is 0.0337.